The minimum absolute atomic E-state index is 0.0116. The zero-order valence-electron chi connectivity index (χ0n) is 18.3. The van der Waals surface area contributed by atoms with Crippen LogP contribution >= 0.6 is 0 Å². The Hall–Kier alpha value is -2.60. The second-order valence-corrected chi connectivity index (χ2v) is 9.10. The van der Waals surface area contributed by atoms with E-state index in [9.17, 15) is 9.59 Å². The van der Waals surface area contributed by atoms with Gasteiger partial charge < -0.3 is 15.1 Å². The number of carbonyl (C=O) groups excluding carboxylic acids is 2. The molecule has 2 amide bonds. The molecule has 2 aromatic rings. The Bertz CT molecular complexity index is 859. The van der Waals surface area contributed by atoms with Gasteiger partial charge in [-0.15, -0.1) is 0 Å². The van der Waals surface area contributed by atoms with Crippen LogP contribution in [0.15, 0.2) is 47.1 Å². The van der Waals surface area contributed by atoms with Crippen molar-refractivity contribution < 1.29 is 14.0 Å². The first-order valence-corrected chi connectivity index (χ1v) is 11.5. The fraction of sp³-hybridized carbons (Fsp3) is 0.520. The number of nitrogens with zero attached hydrogens (tertiary/aromatic N) is 1. The highest BCUT2D eigenvalue weighted by Crippen LogP contribution is 2.24. The number of benzene rings is 1. The molecule has 2 N–H and O–H groups in total. The van der Waals surface area contributed by atoms with Crippen LogP contribution in [0.3, 0.4) is 0 Å². The lowest BCUT2D eigenvalue weighted by molar-refractivity contribution is -0.123. The quantitative estimate of drug-likeness (QED) is 0.642. The molecule has 2 unspecified atom stereocenters. The van der Waals surface area contributed by atoms with Crippen molar-refractivity contribution in [2.45, 2.75) is 70.6 Å². The standard InChI is InChI=1S/C25H33N3O3/c1-18-5-2-3-7-23(18)27-24(29)17-28(16-22-6-4-14-31-22)15-19-8-10-20(11-9-19)25(30)26-21-12-13-21/h4,6,8-11,14,18,21,23H,2-3,5,7,12-13,15-17H2,1H3,(H,26,30)(H,27,29). The second kappa shape index (κ2) is 10.1. The highest BCUT2D eigenvalue weighted by atomic mass is 16.3. The van der Waals surface area contributed by atoms with E-state index in [1.165, 1.54) is 19.3 Å². The highest BCUT2D eigenvalue weighted by Gasteiger charge is 2.25. The fourth-order valence-corrected chi connectivity index (χ4v) is 4.29. The Morgan fingerprint density at radius 3 is 2.45 bits per heavy atom. The van der Waals surface area contributed by atoms with Gasteiger partial charge in [0.25, 0.3) is 5.91 Å². The number of furan rings is 1. The smallest absolute Gasteiger partial charge is 0.251 e. The Labute approximate surface area is 184 Å². The minimum Gasteiger partial charge on any atom is -0.468 e. The summed E-state index contributed by atoms with van der Waals surface area (Å²) in [5.41, 5.74) is 1.74. The van der Waals surface area contributed by atoms with Crippen molar-refractivity contribution in [3.63, 3.8) is 0 Å². The summed E-state index contributed by atoms with van der Waals surface area (Å²) in [6.45, 7) is 3.71. The van der Waals surface area contributed by atoms with E-state index in [1.807, 2.05) is 36.4 Å². The van der Waals surface area contributed by atoms with Crippen LogP contribution in [0.25, 0.3) is 0 Å². The van der Waals surface area contributed by atoms with E-state index in [-0.39, 0.29) is 17.9 Å². The molecule has 1 heterocycles. The molecule has 1 aromatic carbocycles. The Balaban J connectivity index is 1.37. The SMILES string of the molecule is CC1CCCCC1NC(=O)CN(Cc1ccc(C(=O)NC2CC2)cc1)Cc1ccco1. The summed E-state index contributed by atoms with van der Waals surface area (Å²) in [6, 6.07) is 12.1. The second-order valence-electron chi connectivity index (χ2n) is 9.10. The summed E-state index contributed by atoms with van der Waals surface area (Å²) >= 11 is 0. The molecule has 2 atom stereocenters. The van der Waals surface area contributed by atoms with Crippen LogP contribution in [0.2, 0.25) is 0 Å². The van der Waals surface area contributed by atoms with Crippen molar-refractivity contribution in [2.24, 2.45) is 5.92 Å². The maximum atomic E-state index is 12.8. The number of rotatable bonds is 9. The Kier molecular flexibility index (Phi) is 7.07. The van der Waals surface area contributed by atoms with Gasteiger partial charge in [0.15, 0.2) is 0 Å². The zero-order chi connectivity index (χ0) is 21.6. The maximum Gasteiger partial charge on any atom is 0.251 e. The average Bonchev–Trinajstić information content (AvgIpc) is 3.42. The van der Waals surface area contributed by atoms with Crippen molar-refractivity contribution in [1.82, 2.24) is 15.5 Å². The lowest BCUT2D eigenvalue weighted by Gasteiger charge is -2.30. The van der Waals surface area contributed by atoms with Gasteiger partial charge in [-0.1, -0.05) is 31.9 Å². The predicted octanol–water partition coefficient (Wildman–Crippen LogP) is 3.87. The molecule has 2 fully saturated rings. The Morgan fingerprint density at radius 2 is 1.77 bits per heavy atom. The lowest BCUT2D eigenvalue weighted by atomic mass is 9.86. The monoisotopic (exact) mass is 423 g/mol. The van der Waals surface area contributed by atoms with Gasteiger partial charge in [0.1, 0.15) is 5.76 Å². The summed E-state index contributed by atoms with van der Waals surface area (Å²) < 4.78 is 5.52. The van der Waals surface area contributed by atoms with Crippen LogP contribution in [0, 0.1) is 5.92 Å². The fourth-order valence-electron chi connectivity index (χ4n) is 4.29. The normalized spacial score (nSPS) is 21.1. The summed E-state index contributed by atoms with van der Waals surface area (Å²) in [6.07, 6.45) is 8.50. The first kappa shape index (κ1) is 21.6. The third kappa shape index (κ3) is 6.44. The van der Waals surface area contributed by atoms with Gasteiger partial charge in [0.05, 0.1) is 19.4 Å². The van der Waals surface area contributed by atoms with Gasteiger partial charge in [0.2, 0.25) is 5.91 Å². The van der Waals surface area contributed by atoms with Crippen LogP contribution in [-0.4, -0.2) is 35.3 Å². The van der Waals surface area contributed by atoms with Gasteiger partial charge in [-0.3, -0.25) is 14.5 Å². The van der Waals surface area contributed by atoms with E-state index < -0.39 is 0 Å². The number of carbonyl (C=O) groups is 2. The van der Waals surface area contributed by atoms with E-state index in [0.717, 1.165) is 30.6 Å². The predicted molar refractivity (Wildman–Crippen MR) is 119 cm³/mol. The molecule has 0 aliphatic heterocycles. The van der Waals surface area contributed by atoms with Crippen molar-refractivity contribution in [3.05, 3.63) is 59.5 Å². The minimum atomic E-state index is -0.0116. The van der Waals surface area contributed by atoms with Crippen LogP contribution < -0.4 is 10.6 Å². The molecule has 166 valence electrons. The van der Waals surface area contributed by atoms with Crippen molar-refractivity contribution in [2.75, 3.05) is 6.54 Å². The molecule has 6 heteroatoms. The van der Waals surface area contributed by atoms with Crippen LogP contribution in [0.4, 0.5) is 0 Å². The Morgan fingerprint density at radius 1 is 1.00 bits per heavy atom. The maximum absolute atomic E-state index is 12.8. The van der Waals surface area contributed by atoms with Crippen LogP contribution in [-0.2, 0) is 17.9 Å². The number of amides is 2. The first-order valence-electron chi connectivity index (χ1n) is 11.5. The van der Waals surface area contributed by atoms with Gasteiger partial charge in [-0.25, -0.2) is 0 Å². The van der Waals surface area contributed by atoms with Gasteiger partial charge in [0, 0.05) is 24.2 Å². The molecular formula is C25H33N3O3. The van der Waals surface area contributed by atoms with Gasteiger partial charge in [-0.2, -0.15) is 0 Å². The van der Waals surface area contributed by atoms with E-state index in [0.29, 0.717) is 37.2 Å². The zero-order valence-corrected chi connectivity index (χ0v) is 18.3. The number of hydrogen-bond donors (Lipinski definition) is 2. The van der Waals surface area contributed by atoms with Crippen molar-refractivity contribution in [1.29, 1.82) is 0 Å². The molecule has 2 aliphatic rings. The molecular weight excluding hydrogens is 390 g/mol. The van der Waals surface area contributed by atoms with E-state index in [2.05, 4.69) is 22.5 Å². The third-order valence-electron chi connectivity index (χ3n) is 6.32. The summed E-state index contributed by atoms with van der Waals surface area (Å²) in [7, 11) is 0. The number of hydrogen-bond acceptors (Lipinski definition) is 4. The molecule has 0 saturated heterocycles. The third-order valence-corrected chi connectivity index (χ3v) is 6.32. The molecule has 4 rings (SSSR count). The largest absolute Gasteiger partial charge is 0.468 e. The van der Waals surface area contributed by atoms with Gasteiger partial charge >= 0.3 is 0 Å². The van der Waals surface area contributed by atoms with Crippen molar-refractivity contribution >= 4 is 11.8 Å². The lowest BCUT2D eigenvalue weighted by Crippen LogP contribution is -2.45. The van der Waals surface area contributed by atoms with E-state index in [1.54, 1.807) is 6.26 Å². The topological polar surface area (TPSA) is 74.6 Å². The molecule has 31 heavy (non-hydrogen) atoms. The summed E-state index contributed by atoms with van der Waals surface area (Å²) in [4.78, 5) is 27.1. The van der Waals surface area contributed by atoms with Gasteiger partial charge in [-0.05, 0) is 61.4 Å². The van der Waals surface area contributed by atoms with E-state index in [4.69, 9.17) is 4.42 Å². The average molecular weight is 424 g/mol. The highest BCUT2D eigenvalue weighted by molar-refractivity contribution is 5.94. The molecule has 0 spiro atoms. The van der Waals surface area contributed by atoms with Crippen LogP contribution in [0.5, 0.6) is 0 Å². The van der Waals surface area contributed by atoms with Crippen LogP contribution in [0.1, 0.15) is 67.1 Å². The first-order chi connectivity index (χ1) is 15.1. The van der Waals surface area contributed by atoms with Crippen molar-refractivity contribution in [3.8, 4) is 0 Å². The molecule has 1 aromatic heterocycles. The summed E-state index contributed by atoms with van der Waals surface area (Å²) in [5, 5.41) is 6.26. The molecule has 6 nitrogen and oxygen atoms in total. The van der Waals surface area contributed by atoms with E-state index >= 15 is 0 Å². The molecule has 0 radical (unpaired) electrons. The molecule has 0 bridgehead atoms. The molecule has 2 aliphatic carbocycles. The number of nitrogens with one attached hydrogen (secondary N) is 2. The summed E-state index contributed by atoms with van der Waals surface area (Å²) in [5.74, 6) is 1.41. The molecule has 2 saturated carbocycles.